The lowest BCUT2D eigenvalue weighted by atomic mass is 9.79. The Labute approximate surface area is 458 Å². The maximum atomic E-state index is 12.9. The Bertz CT molecular complexity index is 3180. The van der Waals surface area contributed by atoms with E-state index < -0.39 is 41.5 Å². The Hall–Kier alpha value is -8.32. The molecule has 3 unspecified atom stereocenters. The van der Waals surface area contributed by atoms with Crippen molar-refractivity contribution in [1.82, 2.24) is 0 Å². The molecule has 2 aliphatic carbocycles. The number of anilines is 4. The van der Waals surface area contributed by atoms with Crippen molar-refractivity contribution in [2.45, 2.75) is 96.5 Å². The summed E-state index contributed by atoms with van der Waals surface area (Å²) < 4.78 is 87.3. The molecule has 13 nitrogen and oxygen atoms in total. The van der Waals surface area contributed by atoms with E-state index in [2.05, 4.69) is 28.2 Å². The average molecular weight is 1110 g/mol. The van der Waals surface area contributed by atoms with Gasteiger partial charge < -0.3 is 35.8 Å². The molecule has 3 aliphatic rings. The van der Waals surface area contributed by atoms with Gasteiger partial charge in [0.2, 0.25) is 0 Å². The number of benzene rings is 6. The first-order valence-corrected chi connectivity index (χ1v) is 26.2. The molecule has 1 fully saturated rings. The van der Waals surface area contributed by atoms with E-state index >= 15 is 0 Å². The zero-order chi connectivity index (χ0) is 57.6. The predicted molar refractivity (Wildman–Crippen MR) is 292 cm³/mol. The van der Waals surface area contributed by atoms with Crippen LogP contribution in [0, 0.1) is 11.8 Å². The Morgan fingerprint density at radius 2 is 0.988 bits per heavy atom. The van der Waals surface area contributed by atoms with Crippen molar-refractivity contribution in [3.63, 3.8) is 0 Å². The molecule has 0 radical (unpaired) electrons. The molecule has 5 N–H and O–H groups in total. The topological polar surface area (TPSA) is 189 Å². The lowest BCUT2D eigenvalue weighted by Crippen LogP contribution is -2.23. The van der Waals surface area contributed by atoms with Gasteiger partial charge >= 0.3 is 36.4 Å². The van der Waals surface area contributed by atoms with Crippen LogP contribution in [-0.4, -0.2) is 60.0 Å². The molecule has 0 aromatic heterocycles. The minimum Gasteiger partial charge on any atom is -0.481 e. The number of aliphatic carboxylic acids is 1. The summed E-state index contributed by atoms with van der Waals surface area (Å²) in [4.78, 5) is 72.6. The number of carboxylic acid groups (broad SMARTS) is 1. The van der Waals surface area contributed by atoms with Crippen molar-refractivity contribution < 1.29 is 69.7 Å². The summed E-state index contributed by atoms with van der Waals surface area (Å²) in [5.41, 5.74) is 6.02. The van der Waals surface area contributed by atoms with Crippen molar-refractivity contribution in [2.75, 3.05) is 34.5 Å². The quantitative estimate of drug-likeness (QED) is 0.0554. The summed E-state index contributed by atoms with van der Waals surface area (Å²) >= 11 is 0. The lowest BCUT2D eigenvalue weighted by molar-refractivity contribution is -0.143. The summed E-state index contributed by atoms with van der Waals surface area (Å²) in [5.74, 6) is -1.62. The second-order valence-electron chi connectivity index (χ2n) is 19.5. The molecule has 9 rings (SSSR count). The number of ketones is 2. The first-order chi connectivity index (χ1) is 38.1. The summed E-state index contributed by atoms with van der Waals surface area (Å²) in [6.07, 6.45) is -2.18. The van der Waals surface area contributed by atoms with Gasteiger partial charge in [0.05, 0.1) is 23.8 Å². The maximum absolute atomic E-state index is 12.9. The molecule has 3 atom stereocenters. The second kappa shape index (κ2) is 27.0. The number of esters is 1. The minimum absolute atomic E-state index is 0.0182. The van der Waals surface area contributed by atoms with Gasteiger partial charge in [-0.1, -0.05) is 72.8 Å². The van der Waals surface area contributed by atoms with E-state index in [1.54, 1.807) is 49.4 Å². The number of halogens is 6. The molecule has 4 amide bonds. The monoisotopic (exact) mass is 1110 g/mol. The molecule has 0 spiro atoms. The van der Waals surface area contributed by atoms with Gasteiger partial charge in [-0.3, -0.25) is 19.2 Å². The highest BCUT2D eigenvalue weighted by molar-refractivity contribution is 6.03. The first-order valence-electron chi connectivity index (χ1n) is 26.2. The van der Waals surface area contributed by atoms with E-state index in [1.165, 1.54) is 37.1 Å². The van der Waals surface area contributed by atoms with Crippen LogP contribution in [0.3, 0.4) is 0 Å². The molecule has 1 heterocycles. The standard InChI is InChI=1S/C29H27F3N2O4.C27H23F3N2O4.C5H10O/c1-2-38-26(35)15-11-19-6-7-21-16-20(10-14-25(21)27(19)36)18-8-12-23(13-9-18)33-28(37)34-24-5-3-4-22(17-24)29(30,31)32;28-27(29,30)20-2-1-3-22(15-20)32-26(36)31-21-10-6-16(7-11-21)18-8-12-23-19(14-18)5-4-17(25(23)35)9-13-24(33)34;1-5-3-2-4-6-5/h3-5,8-10,12-14,16-17,19H,2,6-7,11,15H2,1H3,(H2,33,34,37);1-3,6-8,10-12,14-15,17H,4-5,9,13H2,(H,33,34)(H2,31,32,36);5H,2-4H2,1H3. The Balaban J connectivity index is 0.000000209. The molecule has 1 aliphatic heterocycles. The fourth-order valence-corrected chi connectivity index (χ4v) is 9.54. The van der Waals surface area contributed by atoms with Crippen molar-refractivity contribution >= 4 is 58.3 Å². The number of amides is 4. The van der Waals surface area contributed by atoms with Crippen LogP contribution in [0.15, 0.2) is 133 Å². The van der Waals surface area contributed by atoms with Gasteiger partial charge in [-0.2, -0.15) is 26.3 Å². The average Bonchev–Trinajstić information content (AvgIpc) is 3.92. The number of aryl methyl sites for hydroxylation is 2. The Morgan fingerprint density at radius 1 is 0.562 bits per heavy atom. The van der Waals surface area contributed by atoms with Gasteiger partial charge in [0.15, 0.2) is 11.6 Å². The molecule has 6 aromatic rings. The third-order valence-electron chi connectivity index (χ3n) is 13.7. The van der Waals surface area contributed by atoms with Crippen LogP contribution in [0.25, 0.3) is 22.3 Å². The number of Topliss-reactive ketones (excluding diaryl/α,β-unsaturated/α-hetero) is 2. The van der Waals surface area contributed by atoms with Crippen molar-refractivity contribution in [2.24, 2.45) is 11.8 Å². The van der Waals surface area contributed by atoms with E-state index in [4.69, 9.17) is 14.6 Å². The number of alkyl halides is 6. The van der Waals surface area contributed by atoms with Gasteiger partial charge in [-0.25, -0.2) is 9.59 Å². The summed E-state index contributed by atoms with van der Waals surface area (Å²) in [6.45, 7) is 5.18. The predicted octanol–water partition coefficient (Wildman–Crippen LogP) is 14.9. The van der Waals surface area contributed by atoms with E-state index in [1.807, 2.05) is 42.5 Å². The third-order valence-corrected chi connectivity index (χ3v) is 13.7. The SMILES string of the molecule is CC1CCCO1.CCOC(=O)CCC1CCc2cc(-c3ccc(NC(=O)Nc4cccc(C(F)(F)F)c4)cc3)ccc2C1=O.O=C(O)CCC1CCc2cc(-c3ccc(NC(=O)Nc4cccc(C(F)(F)F)c4)cc3)ccc2C1=O. The Kier molecular flexibility index (Phi) is 20.0. The van der Waals surface area contributed by atoms with Crippen LogP contribution in [0.4, 0.5) is 58.7 Å². The van der Waals surface area contributed by atoms with Crippen molar-refractivity contribution in [3.8, 4) is 22.3 Å². The van der Waals surface area contributed by atoms with Gasteiger partial charge in [-0.05, 0) is 159 Å². The number of ether oxygens (including phenoxy) is 2. The zero-order valence-corrected chi connectivity index (χ0v) is 43.9. The molecule has 6 aromatic carbocycles. The largest absolute Gasteiger partial charge is 0.481 e. The molecule has 0 bridgehead atoms. The highest BCUT2D eigenvalue weighted by atomic mass is 19.4. The highest BCUT2D eigenvalue weighted by Crippen LogP contribution is 2.36. The first kappa shape index (κ1) is 59.3. The maximum Gasteiger partial charge on any atom is 0.416 e. The van der Waals surface area contributed by atoms with Crippen molar-refractivity contribution in [3.05, 3.63) is 167 Å². The number of carboxylic acids is 1. The number of urea groups is 2. The van der Waals surface area contributed by atoms with Crippen LogP contribution in [0.2, 0.25) is 0 Å². The number of hydrogen-bond acceptors (Lipinski definition) is 8. The number of nitrogens with one attached hydrogen (secondary N) is 4. The minimum atomic E-state index is -4.50. The summed E-state index contributed by atoms with van der Waals surface area (Å²) in [6, 6.07) is 32.6. The molecule has 0 saturated carbocycles. The van der Waals surface area contributed by atoms with E-state index in [0.717, 1.165) is 70.7 Å². The van der Waals surface area contributed by atoms with Gasteiger partial charge in [-0.15, -0.1) is 0 Å². The number of carbonyl (C=O) groups is 6. The number of carbonyl (C=O) groups excluding carboxylic acids is 5. The number of rotatable bonds is 13. The van der Waals surface area contributed by atoms with Gasteiger partial charge in [0, 0.05) is 65.2 Å². The fourth-order valence-electron chi connectivity index (χ4n) is 9.54. The van der Waals surface area contributed by atoms with Crippen LogP contribution in [0.5, 0.6) is 0 Å². The van der Waals surface area contributed by atoms with E-state index in [9.17, 15) is 55.1 Å². The Morgan fingerprint density at radius 3 is 1.36 bits per heavy atom. The lowest BCUT2D eigenvalue weighted by Gasteiger charge is -2.23. The van der Waals surface area contributed by atoms with Crippen LogP contribution in [-0.2, 0) is 44.3 Å². The van der Waals surface area contributed by atoms with Gasteiger partial charge in [0.1, 0.15) is 0 Å². The highest BCUT2D eigenvalue weighted by Gasteiger charge is 2.33. The van der Waals surface area contributed by atoms with Gasteiger partial charge in [0.25, 0.3) is 0 Å². The smallest absolute Gasteiger partial charge is 0.416 e. The molecule has 1 saturated heterocycles. The van der Waals surface area contributed by atoms with E-state index in [0.29, 0.717) is 67.3 Å². The molecular formula is C61H60F6N4O9. The molecule has 19 heteroatoms. The van der Waals surface area contributed by atoms with Crippen LogP contribution in [0.1, 0.15) is 108 Å². The number of hydrogen-bond donors (Lipinski definition) is 5. The number of fused-ring (bicyclic) bond motifs is 2. The van der Waals surface area contributed by atoms with E-state index in [-0.39, 0.29) is 53.6 Å². The van der Waals surface area contributed by atoms with Crippen LogP contribution >= 0.6 is 0 Å². The van der Waals surface area contributed by atoms with Crippen LogP contribution < -0.4 is 21.3 Å². The molecule has 80 heavy (non-hydrogen) atoms. The zero-order valence-electron chi connectivity index (χ0n) is 43.9. The summed E-state index contributed by atoms with van der Waals surface area (Å²) in [5, 5.41) is 18.9. The summed E-state index contributed by atoms with van der Waals surface area (Å²) in [7, 11) is 0. The normalized spacial score (nSPS) is 16.5. The van der Waals surface area contributed by atoms with Crippen molar-refractivity contribution in [1.29, 1.82) is 0 Å². The third kappa shape index (κ3) is 16.8. The second-order valence-corrected chi connectivity index (χ2v) is 19.5. The molecular weight excluding hydrogens is 1050 g/mol. The fraction of sp³-hybridized carbons (Fsp3) is 0.311. The molecule has 420 valence electrons.